The lowest BCUT2D eigenvalue weighted by Crippen LogP contribution is -2.38. The van der Waals surface area contributed by atoms with E-state index in [0.29, 0.717) is 5.41 Å². The van der Waals surface area contributed by atoms with Gasteiger partial charge in [-0.2, -0.15) is 0 Å². The minimum absolute atomic E-state index is 0.0760. The van der Waals surface area contributed by atoms with Crippen molar-refractivity contribution in [2.75, 3.05) is 18.0 Å². The second-order valence-corrected chi connectivity index (χ2v) is 5.90. The number of piperidine rings is 1. The molecule has 94 valence electrons. The average Bonchev–Trinajstić information content (AvgIpc) is 2.28. The van der Waals surface area contributed by atoms with Crippen molar-refractivity contribution in [2.24, 2.45) is 11.3 Å². The molecule has 4 nitrogen and oxygen atoms in total. The molecule has 4 heteroatoms. The summed E-state index contributed by atoms with van der Waals surface area (Å²) in [5.41, 5.74) is 0.307. The van der Waals surface area contributed by atoms with Crippen LogP contribution in [0.4, 0.5) is 5.82 Å². The van der Waals surface area contributed by atoms with Gasteiger partial charge in [-0.3, -0.25) is 4.79 Å². The lowest BCUT2D eigenvalue weighted by Gasteiger charge is -2.39. The number of hydrogen-bond acceptors (Lipinski definition) is 3. The second-order valence-electron chi connectivity index (χ2n) is 5.90. The Morgan fingerprint density at radius 1 is 1.35 bits per heavy atom. The van der Waals surface area contributed by atoms with Crippen LogP contribution in [0.3, 0.4) is 0 Å². The molecule has 0 aliphatic carbocycles. The zero-order valence-corrected chi connectivity index (χ0v) is 10.9. The van der Waals surface area contributed by atoms with Crippen LogP contribution in [0.5, 0.6) is 0 Å². The largest absolute Gasteiger partial charge is 0.356 e. The molecule has 0 unspecified atom stereocenters. The molecule has 1 N–H and O–H groups in total. The van der Waals surface area contributed by atoms with Crippen LogP contribution in [-0.4, -0.2) is 23.1 Å². The molecule has 1 saturated heterocycles. The Hall–Kier alpha value is -1.32. The molecule has 0 radical (unpaired) electrons. The molecule has 0 spiro atoms. The van der Waals surface area contributed by atoms with E-state index in [2.05, 4.69) is 35.6 Å². The number of aromatic nitrogens is 2. The van der Waals surface area contributed by atoms with Gasteiger partial charge in [0, 0.05) is 19.2 Å². The van der Waals surface area contributed by atoms with Gasteiger partial charge in [-0.15, -0.1) is 0 Å². The molecule has 17 heavy (non-hydrogen) atoms. The molecule has 1 fully saturated rings. The maximum absolute atomic E-state index is 11.2. The van der Waals surface area contributed by atoms with Crippen molar-refractivity contribution in [3.05, 3.63) is 22.7 Å². The summed E-state index contributed by atoms with van der Waals surface area (Å²) in [4.78, 5) is 20.2. The summed E-state index contributed by atoms with van der Waals surface area (Å²) in [7, 11) is 0. The Bertz CT molecular complexity index is 425. The lowest BCUT2D eigenvalue weighted by atomic mass is 9.75. The average molecular weight is 235 g/mol. The van der Waals surface area contributed by atoms with Crippen LogP contribution < -0.4 is 10.5 Å². The van der Waals surface area contributed by atoms with Crippen molar-refractivity contribution in [3.63, 3.8) is 0 Å². The van der Waals surface area contributed by atoms with E-state index in [9.17, 15) is 4.79 Å². The van der Waals surface area contributed by atoms with Gasteiger partial charge < -0.3 is 9.88 Å². The van der Waals surface area contributed by atoms with Gasteiger partial charge in [0.2, 0.25) is 0 Å². The number of rotatable bonds is 1. The first-order valence-electron chi connectivity index (χ1n) is 6.26. The maximum atomic E-state index is 11.2. The van der Waals surface area contributed by atoms with Crippen molar-refractivity contribution in [2.45, 2.75) is 33.6 Å². The van der Waals surface area contributed by atoms with Crippen molar-refractivity contribution in [3.8, 4) is 0 Å². The third-order valence-corrected chi connectivity index (χ3v) is 3.71. The Morgan fingerprint density at radius 2 is 2.00 bits per heavy atom. The molecule has 1 aliphatic rings. The van der Waals surface area contributed by atoms with Gasteiger partial charge in [0.05, 0.1) is 6.33 Å². The number of anilines is 1. The van der Waals surface area contributed by atoms with E-state index in [-0.39, 0.29) is 5.56 Å². The van der Waals surface area contributed by atoms with Crippen LogP contribution >= 0.6 is 0 Å². The highest BCUT2D eigenvalue weighted by molar-refractivity contribution is 5.36. The van der Waals surface area contributed by atoms with Crippen molar-refractivity contribution in [1.29, 1.82) is 0 Å². The smallest absolute Gasteiger partial charge is 0.252 e. The summed E-state index contributed by atoms with van der Waals surface area (Å²) in [5.74, 6) is 1.57. The van der Waals surface area contributed by atoms with Gasteiger partial charge in [-0.05, 0) is 24.2 Å². The molecule has 0 saturated carbocycles. The monoisotopic (exact) mass is 235 g/mol. The SMILES string of the molecule is CC(C)(C)C1CCN(c2cc(=O)[nH]cn2)CC1. The highest BCUT2D eigenvalue weighted by Crippen LogP contribution is 2.34. The topological polar surface area (TPSA) is 49.0 Å². The molecular weight excluding hydrogens is 214 g/mol. The standard InChI is InChI=1S/C13H21N3O/c1-13(2,3)10-4-6-16(7-5-10)11-8-12(17)15-9-14-11/h8-10H,4-7H2,1-3H3,(H,14,15,17). The molecule has 0 aromatic carbocycles. The minimum atomic E-state index is -0.0760. The number of nitrogens with zero attached hydrogens (tertiary/aromatic N) is 2. The first kappa shape index (κ1) is 12.1. The number of H-pyrrole nitrogens is 1. The normalized spacial score (nSPS) is 18.4. The summed E-state index contributed by atoms with van der Waals surface area (Å²) in [6.45, 7) is 8.91. The number of aromatic amines is 1. The number of hydrogen-bond donors (Lipinski definition) is 1. The highest BCUT2D eigenvalue weighted by atomic mass is 16.1. The minimum Gasteiger partial charge on any atom is -0.356 e. The van der Waals surface area contributed by atoms with E-state index in [0.717, 1.165) is 24.8 Å². The van der Waals surface area contributed by atoms with Crippen molar-refractivity contribution < 1.29 is 0 Å². The summed E-state index contributed by atoms with van der Waals surface area (Å²) in [6, 6.07) is 1.58. The fourth-order valence-corrected chi connectivity index (χ4v) is 2.51. The summed E-state index contributed by atoms with van der Waals surface area (Å²) >= 11 is 0. The van der Waals surface area contributed by atoms with E-state index in [1.807, 2.05) is 0 Å². The van der Waals surface area contributed by atoms with Gasteiger partial charge in [-0.1, -0.05) is 20.8 Å². The van der Waals surface area contributed by atoms with Crippen LogP contribution in [0.2, 0.25) is 0 Å². The van der Waals surface area contributed by atoms with E-state index >= 15 is 0 Å². The Kier molecular flexibility index (Phi) is 3.22. The molecule has 0 bridgehead atoms. The summed E-state index contributed by atoms with van der Waals surface area (Å²) in [6.07, 6.45) is 3.84. The van der Waals surface area contributed by atoms with Crippen LogP contribution in [0.15, 0.2) is 17.2 Å². The Balaban J connectivity index is 2.02. The number of nitrogens with one attached hydrogen (secondary N) is 1. The van der Waals surface area contributed by atoms with Crippen molar-refractivity contribution >= 4 is 5.82 Å². The first-order chi connectivity index (χ1) is 7.97. The molecule has 2 heterocycles. The molecule has 2 rings (SSSR count). The van der Waals surface area contributed by atoms with Gasteiger partial charge in [0.15, 0.2) is 0 Å². The Labute approximate surface area is 102 Å². The van der Waals surface area contributed by atoms with E-state index < -0.39 is 0 Å². The van der Waals surface area contributed by atoms with Crippen LogP contribution in [0.1, 0.15) is 33.6 Å². The maximum Gasteiger partial charge on any atom is 0.252 e. The van der Waals surface area contributed by atoms with Gasteiger partial charge in [0.1, 0.15) is 5.82 Å². The quantitative estimate of drug-likeness (QED) is 0.810. The van der Waals surface area contributed by atoms with Gasteiger partial charge in [0.25, 0.3) is 5.56 Å². The molecule has 1 aliphatic heterocycles. The third kappa shape index (κ3) is 2.87. The lowest BCUT2D eigenvalue weighted by molar-refractivity contribution is 0.198. The fraction of sp³-hybridized carbons (Fsp3) is 0.692. The predicted molar refractivity (Wildman–Crippen MR) is 69.2 cm³/mol. The van der Waals surface area contributed by atoms with Gasteiger partial charge in [-0.25, -0.2) is 4.98 Å². The predicted octanol–water partition coefficient (Wildman–Crippen LogP) is 2.03. The molecule has 1 aromatic heterocycles. The van der Waals surface area contributed by atoms with Crippen molar-refractivity contribution in [1.82, 2.24) is 9.97 Å². The highest BCUT2D eigenvalue weighted by Gasteiger charge is 2.29. The molecular formula is C13H21N3O. The van der Waals surface area contributed by atoms with Crippen LogP contribution in [-0.2, 0) is 0 Å². The zero-order chi connectivity index (χ0) is 12.5. The second kappa shape index (κ2) is 4.51. The summed E-state index contributed by atoms with van der Waals surface area (Å²) < 4.78 is 0. The van der Waals surface area contributed by atoms with Crippen LogP contribution in [0.25, 0.3) is 0 Å². The first-order valence-corrected chi connectivity index (χ1v) is 6.26. The molecule has 0 amide bonds. The third-order valence-electron chi connectivity index (χ3n) is 3.71. The van der Waals surface area contributed by atoms with E-state index in [1.165, 1.54) is 19.2 Å². The Morgan fingerprint density at radius 3 is 2.53 bits per heavy atom. The zero-order valence-electron chi connectivity index (χ0n) is 10.9. The van der Waals surface area contributed by atoms with E-state index in [1.54, 1.807) is 6.07 Å². The molecule has 0 atom stereocenters. The van der Waals surface area contributed by atoms with Crippen LogP contribution in [0, 0.1) is 11.3 Å². The molecule has 1 aromatic rings. The van der Waals surface area contributed by atoms with Gasteiger partial charge >= 0.3 is 0 Å². The summed E-state index contributed by atoms with van der Waals surface area (Å²) in [5, 5.41) is 0. The van der Waals surface area contributed by atoms with E-state index in [4.69, 9.17) is 0 Å². The fourth-order valence-electron chi connectivity index (χ4n) is 2.51.